The molecule has 4 aliphatic rings. The number of benzene rings is 1. The van der Waals surface area contributed by atoms with E-state index < -0.39 is 51.3 Å². The highest BCUT2D eigenvalue weighted by Crippen LogP contribution is 2.46. The minimum absolute atomic E-state index is 0.152. The first-order valence-electron chi connectivity index (χ1n) is 15.5. The van der Waals surface area contributed by atoms with E-state index in [1.165, 1.54) is 9.21 Å². The summed E-state index contributed by atoms with van der Waals surface area (Å²) in [6, 6.07) is 5.68. The summed E-state index contributed by atoms with van der Waals surface area (Å²) in [5.41, 5.74) is -0.428. The van der Waals surface area contributed by atoms with Gasteiger partial charge in [0.05, 0.1) is 0 Å². The van der Waals surface area contributed by atoms with E-state index in [1.807, 2.05) is 36.4 Å². The van der Waals surface area contributed by atoms with Crippen LogP contribution in [0.1, 0.15) is 83.3 Å². The molecule has 3 N–H and O–H groups in total. The highest BCUT2D eigenvalue weighted by molar-refractivity contribution is 7.87. The van der Waals surface area contributed by atoms with Gasteiger partial charge in [-0.15, -0.1) is 0 Å². The van der Waals surface area contributed by atoms with Crippen LogP contribution in [0.4, 0.5) is 4.79 Å². The van der Waals surface area contributed by atoms with Crippen LogP contribution in [-0.2, 0) is 42.4 Å². The van der Waals surface area contributed by atoms with Gasteiger partial charge < -0.3 is 20.3 Å². The normalized spacial score (nSPS) is 28.8. The number of ether oxygens (including phenoxy) is 1. The standard InChI is InChI=1S/C31H43N5O7S/c1-30(2,3)43-29(40)32-24-15-8-6-4-5-7-14-23-18-31(23,33-26(37)25-16-11-17-36(25)27(24)38)28(39)34-44(41,42)35-19-21-12-9-10-13-22(21)20-35/h7,9-10,12-14,23-25H,4-6,8,11,15-20H2,1-3H3,(H,32,40)(H,33,37)(H,34,39)/b14-7-/t23-,24+,25+,31-/m1/s1. The summed E-state index contributed by atoms with van der Waals surface area (Å²) in [4.78, 5) is 55.2. The molecule has 5 rings (SSSR count). The Morgan fingerprint density at radius 1 is 1.02 bits per heavy atom. The maximum Gasteiger partial charge on any atom is 0.408 e. The number of nitrogens with zero attached hydrogens (tertiary/aromatic N) is 2. The Kier molecular flexibility index (Phi) is 9.08. The van der Waals surface area contributed by atoms with Crippen LogP contribution in [-0.4, -0.2) is 71.2 Å². The molecule has 1 saturated carbocycles. The molecule has 44 heavy (non-hydrogen) atoms. The van der Waals surface area contributed by atoms with Gasteiger partial charge in [-0.2, -0.15) is 12.7 Å². The SMILES string of the molecule is CC(C)(C)OC(=O)N[C@H]1CCCCC/C=C\[C@@H]2C[C@@]2(C(=O)NS(=O)(=O)N2Cc3ccccc3C2)NC(=O)[C@@H]2CCCN2C1=O. The number of fused-ring (bicyclic) bond motifs is 3. The topological polar surface area (TPSA) is 154 Å². The molecule has 2 fully saturated rings. The Bertz CT molecular complexity index is 1410. The van der Waals surface area contributed by atoms with Gasteiger partial charge in [0.15, 0.2) is 0 Å². The average molecular weight is 630 g/mol. The Labute approximate surface area is 259 Å². The lowest BCUT2D eigenvalue weighted by atomic mass is 10.0. The molecular weight excluding hydrogens is 586 g/mol. The summed E-state index contributed by atoms with van der Waals surface area (Å²) in [7, 11) is -4.19. The fourth-order valence-corrected chi connectivity index (χ4v) is 7.45. The first-order valence-corrected chi connectivity index (χ1v) is 16.9. The van der Waals surface area contributed by atoms with Crippen molar-refractivity contribution in [3.8, 4) is 0 Å². The van der Waals surface area contributed by atoms with Crippen molar-refractivity contribution >= 4 is 34.0 Å². The van der Waals surface area contributed by atoms with Gasteiger partial charge in [-0.3, -0.25) is 14.4 Å². The molecule has 12 nitrogen and oxygen atoms in total. The van der Waals surface area contributed by atoms with Crippen LogP contribution in [0.15, 0.2) is 36.4 Å². The minimum atomic E-state index is -4.19. The largest absolute Gasteiger partial charge is 0.444 e. The molecular formula is C31H43N5O7S. The third-order valence-electron chi connectivity index (χ3n) is 8.70. The molecule has 1 saturated heterocycles. The van der Waals surface area contributed by atoms with Crippen molar-refractivity contribution in [2.45, 2.75) is 108 Å². The zero-order valence-corrected chi connectivity index (χ0v) is 26.5. The van der Waals surface area contributed by atoms with Crippen LogP contribution < -0.4 is 15.4 Å². The van der Waals surface area contributed by atoms with E-state index in [2.05, 4.69) is 15.4 Å². The Hall–Kier alpha value is -3.45. The quantitative estimate of drug-likeness (QED) is 0.433. The molecule has 0 spiro atoms. The smallest absolute Gasteiger partial charge is 0.408 e. The van der Waals surface area contributed by atoms with Gasteiger partial charge >= 0.3 is 16.3 Å². The van der Waals surface area contributed by atoms with Crippen LogP contribution in [0.25, 0.3) is 0 Å². The number of amides is 4. The third kappa shape index (κ3) is 7.09. The van der Waals surface area contributed by atoms with E-state index in [-0.39, 0.29) is 31.3 Å². The van der Waals surface area contributed by atoms with Crippen molar-refractivity contribution in [3.05, 3.63) is 47.5 Å². The summed E-state index contributed by atoms with van der Waals surface area (Å²) in [6.07, 6.45) is 7.82. The van der Waals surface area contributed by atoms with Crippen LogP contribution in [0.5, 0.6) is 0 Å². The highest BCUT2D eigenvalue weighted by Gasteiger charge is 2.61. The van der Waals surface area contributed by atoms with Gasteiger partial charge in [-0.05, 0) is 70.4 Å². The Morgan fingerprint density at radius 3 is 2.41 bits per heavy atom. The predicted octanol–water partition coefficient (Wildman–Crippen LogP) is 2.64. The number of hydrogen-bond acceptors (Lipinski definition) is 7. The van der Waals surface area contributed by atoms with E-state index in [0.29, 0.717) is 32.2 Å². The number of carbonyl (C=O) groups is 4. The van der Waals surface area contributed by atoms with Crippen molar-refractivity contribution in [1.82, 2.24) is 24.6 Å². The lowest BCUT2D eigenvalue weighted by Crippen LogP contribution is -2.59. The number of carbonyl (C=O) groups excluding carboxylic acids is 4. The molecule has 0 unspecified atom stereocenters. The maximum atomic E-state index is 13.7. The molecule has 4 amide bonds. The molecule has 0 radical (unpaired) electrons. The fourth-order valence-electron chi connectivity index (χ4n) is 6.29. The van der Waals surface area contributed by atoms with E-state index in [1.54, 1.807) is 20.8 Å². The predicted molar refractivity (Wildman–Crippen MR) is 162 cm³/mol. The summed E-state index contributed by atoms with van der Waals surface area (Å²) < 4.78 is 35.4. The van der Waals surface area contributed by atoms with Crippen LogP contribution in [0.2, 0.25) is 0 Å². The highest BCUT2D eigenvalue weighted by atomic mass is 32.2. The van der Waals surface area contributed by atoms with Gasteiger partial charge in [0.2, 0.25) is 11.8 Å². The number of hydrogen-bond donors (Lipinski definition) is 3. The molecule has 240 valence electrons. The number of allylic oxidation sites excluding steroid dienone is 1. The second kappa shape index (κ2) is 12.5. The van der Waals surface area contributed by atoms with Crippen molar-refractivity contribution in [2.75, 3.05) is 6.54 Å². The van der Waals surface area contributed by atoms with Gasteiger partial charge in [0, 0.05) is 25.6 Å². The van der Waals surface area contributed by atoms with Gasteiger partial charge in [-0.1, -0.05) is 49.3 Å². The van der Waals surface area contributed by atoms with Crippen LogP contribution >= 0.6 is 0 Å². The monoisotopic (exact) mass is 629 g/mol. The van der Waals surface area contributed by atoms with Gasteiger partial charge in [0.1, 0.15) is 23.2 Å². The van der Waals surface area contributed by atoms with Crippen molar-refractivity contribution in [2.24, 2.45) is 5.92 Å². The molecule has 0 bridgehead atoms. The van der Waals surface area contributed by atoms with Crippen LogP contribution in [0.3, 0.4) is 0 Å². The fraction of sp³-hybridized carbons (Fsp3) is 0.613. The van der Waals surface area contributed by atoms with Gasteiger partial charge in [-0.25, -0.2) is 9.52 Å². The zero-order chi connectivity index (χ0) is 31.7. The molecule has 3 aliphatic heterocycles. The summed E-state index contributed by atoms with van der Waals surface area (Å²) in [5, 5.41) is 5.57. The number of nitrogens with one attached hydrogen (secondary N) is 3. The van der Waals surface area contributed by atoms with Crippen molar-refractivity contribution < 1.29 is 32.3 Å². The first kappa shape index (κ1) is 32.0. The van der Waals surface area contributed by atoms with E-state index >= 15 is 0 Å². The zero-order valence-electron chi connectivity index (χ0n) is 25.6. The maximum absolute atomic E-state index is 13.7. The molecule has 1 aromatic carbocycles. The first-order chi connectivity index (χ1) is 20.8. The molecule has 0 aromatic heterocycles. The number of rotatable bonds is 4. The molecule has 13 heteroatoms. The average Bonchev–Trinajstić information content (AvgIpc) is 3.28. The lowest BCUT2D eigenvalue weighted by molar-refractivity contribution is -0.141. The Morgan fingerprint density at radius 2 is 1.73 bits per heavy atom. The lowest BCUT2D eigenvalue weighted by Gasteiger charge is -2.30. The molecule has 3 heterocycles. The van der Waals surface area contributed by atoms with Gasteiger partial charge in [0.25, 0.3) is 5.91 Å². The summed E-state index contributed by atoms with van der Waals surface area (Å²) in [6.45, 7) is 5.86. The van der Waals surface area contributed by atoms with E-state index in [9.17, 15) is 27.6 Å². The van der Waals surface area contributed by atoms with Crippen LogP contribution in [0, 0.1) is 5.92 Å². The third-order valence-corrected chi connectivity index (χ3v) is 10.1. The molecule has 4 atom stereocenters. The van der Waals surface area contributed by atoms with E-state index in [0.717, 1.165) is 30.4 Å². The van der Waals surface area contributed by atoms with E-state index in [4.69, 9.17) is 4.74 Å². The second-order valence-corrected chi connectivity index (χ2v) is 14.9. The minimum Gasteiger partial charge on any atom is -0.444 e. The second-order valence-electron chi connectivity index (χ2n) is 13.2. The Balaban J connectivity index is 1.33. The van der Waals surface area contributed by atoms with Crippen molar-refractivity contribution in [3.63, 3.8) is 0 Å². The molecule has 1 aromatic rings. The number of alkyl carbamates (subject to hydrolysis) is 1. The molecule has 1 aliphatic carbocycles. The van der Waals surface area contributed by atoms with Crippen molar-refractivity contribution in [1.29, 1.82) is 0 Å². The summed E-state index contributed by atoms with van der Waals surface area (Å²) >= 11 is 0. The summed E-state index contributed by atoms with van der Waals surface area (Å²) in [5.74, 6) is -2.06.